The van der Waals surface area contributed by atoms with Crippen molar-refractivity contribution >= 4 is 21.8 Å². The summed E-state index contributed by atoms with van der Waals surface area (Å²) in [5.74, 6) is 0. The number of benzene rings is 1. The van der Waals surface area contributed by atoms with Gasteiger partial charge in [-0.05, 0) is 39.4 Å². The van der Waals surface area contributed by atoms with E-state index in [4.69, 9.17) is 14.6 Å². The van der Waals surface area contributed by atoms with Crippen LogP contribution in [0.15, 0.2) is 30.3 Å². The molecule has 0 saturated heterocycles. The van der Waals surface area contributed by atoms with Gasteiger partial charge in [0.2, 0.25) is 0 Å². The molecule has 0 radical (unpaired) electrons. The zero-order chi connectivity index (χ0) is 15.9. The molecular weight excluding hydrogens is 294 g/mol. The Morgan fingerprint density at radius 1 is 1.14 bits per heavy atom. The van der Waals surface area contributed by atoms with E-state index in [0.717, 1.165) is 12.5 Å². The summed E-state index contributed by atoms with van der Waals surface area (Å²) in [6, 6.07) is 11.7. The molecule has 0 aromatic heterocycles. The maximum absolute atomic E-state index is 6.52. The molecule has 0 heterocycles. The Labute approximate surface area is 132 Å². The van der Waals surface area contributed by atoms with Gasteiger partial charge < -0.3 is 14.6 Å². The molecule has 0 aliphatic carbocycles. The van der Waals surface area contributed by atoms with Gasteiger partial charge in [0.25, 0.3) is 0 Å². The molecule has 2 atom stereocenters. The average Bonchev–Trinajstić information content (AvgIpc) is 2.46. The van der Waals surface area contributed by atoms with Gasteiger partial charge in [0.05, 0.1) is 0 Å². The highest BCUT2D eigenvalue weighted by molar-refractivity contribution is 6.91. The normalized spacial score (nSPS) is 16.5. The fourth-order valence-electron chi connectivity index (χ4n) is 2.52. The molecule has 1 aromatic rings. The minimum atomic E-state index is -2.12. The summed E-state index contributed by atoms with van der Waals surface area (Å²) in [7, 11) is -3.78. The van der Waals surface area contributed by atoms with Crippen molar-refractivity contribution in [3.63, 3.8) is 0 Å². The van der Waals surface area contributed by atoms with E-state index in [0.29, 0.717) is 13.2 Å². The molecule has 3 nitrogen and oxygen atoms in total. The van der Waals surface area contributed by atoms with E-state index in [9.17, 15) is 0 Å². The van der Waals surface area contributed by atoms with Crippen molar-refractivity contribution in [2.75, 3.05) is 13.2 Å². The Morgan fingerprint density at radius 3 is 2.29 bits per heavy atom. The predicted molar refractivity (Wildman–Crippen MR) is 95.8 cm³/mol. The lowest BCUT2D eigenvalue weighted by Crippen LogP contribution is -2.57. The summed E-state index contributed by atoms with van der Waals surface area (Å²) in [5, 5.41) is 1.43. The molecule has 0 saturated carbocycles. The van der Waals surface area contributed by atoms with Crippen LogP contribution in [0.2, 0.25) is 25.7 Å². The number of hydrogen-bond donors (Lipinski definition) is 1. The van der Waals surface area contributed by atoms with Gasteiger partial charge in [-0.25, -0.2) is 0 Å². The summed E-state index contributed by atoms with van der Waals surface area (Å²) in [5.41, 5.74) is 5.90. The minimum absolute atomic E-state index is 0.237. The van der Waals surface area contributed by atoms with E-state index in [1.165, 1.54) is 5.19 Å². The lowest BCUT2D eigenvalue weighted by molar-refractivity contribution is 0.166. The first-order valence-electron chi connectivity index (χ1n) is 7.93. The molecular formula is C16H31NO2Si2. The molecule has 2 unspecified atom stereocenters. The summed E-state index contributed by atoms with van der Waals surface area (Å²) in [6.45, 7) is 12.6. The molecule has 21 heavy (non-hydrogen) atoms. The highest BCUT2D eigenvalue weighted by Crippen LogP contribution is 2.22. The molecule has 1 aromatic carbocycles. The van der Waals surface area contributed by atoms with Crippen LogP contribution in [0.4, 0.5) is 0 Å². The molecule has 0 bridgehead atoms. The average molecular weight is 326 g/mol. The van der Waals surface area contributed by atoms with Crippen LogP contribution in [0.1, 0.15) is 20.3 Å². The second kappa shape index (κ2) is 8.24. The Hall–Kier alpha value is -0.466. The highest BCUT2D eigenvalue weighted by atomic mass is 28.4. The summed E-state index contributed by atoms with van der Waals surface area (Å²) < 4.78 is 12.5. The van der Waals surface area contributed by atoms with E-state index in [-0.39, 0.29) is 5.73 Å². The zero-order valence-electron chi connectivity index (χ0n) is 14.2. The molecule has 0 aliphatic rings. The van der Waals surface area contributed by atoms with Crippen LogP contribution in [0.5, 0.6) is 0 Å². The van der Waals surface area contributed by atoms with E-state index < -0.39 is 16.6 Å². The fourth-order valence-corrected chi connectivity index (χ4v) is 8.50. The first-order valence-corrected chi connectivity index (χ1v) is 13.5. The molecule has 0 spiro atoms. The third kappa shape index (κ3) is 5.34. The predicted octanol–water partition coefficient (Wildman–Crippen LogP) is 3.00. The second-order valence-corrected chi connectivity index (χ2v) is 14.4. The maximum atomic E-state index is 6.52. The Balaban J connectivity index is 2.83. The molecule has 2 N–H and O–H groups in total. The standard InChI is InChI=1S/C16H31NO2Si2/c1-6-18-21(5,14-10-13-17)19-15(2)20(3,4)16-11-8-7-9-12-16/h7-9,11-12,15H,6,10,13-14,17H2,1-5H3. The second-order valence-electron chi connectivity index (χ2n) is 6.31. The summed E-state index contributed by atoms with van der Waals surface area (Å²) in [4.78, 5) is 0. The van der Waals surface area contributed by atoms with Crippen molar-refractivity contribution < 1.29 is 8.85 Å². The maximum Gasteiger partial charge on any atom is 0.334 e. The Kier molecular flexibility index (Phi) is 7.29. The summed E-state index contributed by atoms with van der Waals surface area (Å²) >= 11 is 0. The number of nitrogens with two attached hydrogens (primary N) is 1. The summed E-state index contributed by atoms with van der Waals surface area (Å²) in [6.07, 6.45) is 0.975. The Morgan fingerprint density at radius 2 is 1.76 bits per heavy atom. The monoisotopic (exact) mass is 325 g/mol. The Bertz CT molecular complexity index is 414. The van der Waals surface area contributed by atoms with E-state index in [2.05, 4.69) is 56.9 Å². The van der Waals surface area contributed by atoms with Crippen LogP contribution in [0, 0.1) is 0 Å². The fraction of sp³-hybridized carbons (Fsp3) is 0.625. The van der Waals surface area contributed by atoms with E-state index in [1.807, 2.05) is 6.92 Å². The molecule has 5 heteroatoms. The van der Waals surface area contributed by atoms with Crippen LogP contribution in [0.25, 0.3) is 0 Å². The van der Waals surface area contributed by atoms with Crippen LogP contribution >= 0.6 is 0 Å². The minimum Gasteiger partial charge on any atom is -0.395 e. The van der Waals surface area contributed by atoms with E-state index in [1.54, 1.807) is 0 Å². The quantitative estimate of drug-likeness (QED) is 0.710. The van der Waals surface area contributed by atoms with Gasteiger partial charge in [0, 0.05) is 12.3 Å². The largest absolute Gasteiger partial charge is 0.395 e. The van der Waals surface area contributed by atoms with Crippen molar-refractivity contribution in [1.82, 2.24) is 0 Å². The number of rotatable bonds is 9. The van der Waals surface area contributed by atoms with Gasteiger partial charge >= 0.3 is 8.56 Å². The zero-order valence-corrected chi connectivity index (χ0v) is 16.2. The molecule has 0 fully saturated rings. The molecule has 120 valence electrons. The smallest absolute Gasteiger partial charge is 0.334 e. The van der Waals surface area contributed by atoms with Crippen molar-refractivity contribution in [3.8, 4) is 0 Å². The van der Waals surface area contributed by atoms with Gasteiger partial charge in [-0.15, -0.1) is 0 Å². The lowest BCUT2D eigenvalue weighted by atomic mass is 10.4. The van der Waals surface area contributed by atoms with Crippen LogP contribution < -0.4 is 10.9 Å². The molecule has 0 amide bonds. The lowest BCUT2D eigenvalue weighted by Gasteiger charge is -2.37. The van der Waals surface area contributed by atoms with Gasteiger partial charge in [-0.2, -0.15) is 0 Å². The SMILES string of the molecule is CCO[Si](C)(CCCN)OC(C)[Si](C)(C)c1ccccc1. The van der Waals surface area contributed by atoms with Crippen molar-refractivity contribution in [2.24, 2.45) is 5.73 Å². The third-order valence-corrected chi connectivity index (χ3v) is 11.5. The van der Waals surface area contributed by atoms with Gasteiger partial charge in [-0.3, -0.25) is 0 Å². The molecule has 0 aliphatic heterocycles. The first kappa shape index (κ1) is 18.6. The third-order valence-electron chi connectivity index (χ3n) is 4.24. The number of hydrogen-bond acceptors (Lipinski definition) is 3. The van der Waals surface area contributed by atoms with Crippen LogP contribution in [-0.2, 0) is 8.85 Å². The van der Waals surface area contributed by atoms with Crippen LogP contribution in [-0.4, -0.2) is 35.5 Å². The molecule has 1 rings (SSSR count). The van der Waals surface area contributed by atoms with Gasteiger partial charge in [-0.1, -0.05) is 48.6 Å². The highest BCUT2D eigenvalue weighted by Gasteiger charge is 2.39. The van der Waals surface area contributed by atoms with Crippen molar-refractivity contribution in [2.45, 2.75) is 51.7 Å². The van der Waals surface area contributed by atoms with Gasteiger partial charge in [0.1, 0.15) is 8.07 Å². The topological polar surface area (TPSA) is 44.5 Å². The van der Waals surface area contributed by atoms with E-state index >= 15 is 0 Å². The first-order chi connectivity index (χ1) is 9.85. The van der Waals surface area contributed by atoms with Crippen LogP contribution in [0.3, 0.4) is 0 Å². The van der Waals surface area contributed by atoms with Crippen molar-refractivity contribution in [3.05, 3.63) is 30.3 Å². The van der Waals surface area contributed by atoms with Gasteiger partial charge in [0.15, 0.2) is 0 Å². The van der Waals surface area contributed by atoms with Crippen molar-refractivity contribution in [1.29, 1.82) is 0 Å².